The van der Waals surface area contributed by atoms with Gasteiger partial charge in [0.05, 0.1) is 17.9 Å². The van der Waals surface area contributed by atoms with Gasteiger partial charge in [-0.25, -0.2) is 9.07 Å². The van der Waals surface area contributed by atoms with Crippen LogP contribution in [0.2, 0.25) is 0 Å². The van der Waals surface area contributed by atoms with E-state index in [0.717, 1.165) is 18.5 Å². The number of hydrogen-bond acceptors (Lipinski definition) is 3. The zero-order valence-corrected chi connectivity index (χ0v) is 12.1. The van der Waals surface area contributed by atoms with Gasteiger partial charge in [0.1, 0.15) is 11.4 Å². The molecule has 22 heavy (non-hydrogen) atoms. The van der Waals surface area contributed by atoms with Crippen LogP contribution < -0.4 is 5.32 Å². The number of carbonyl (C=O) groups is 1. The second-order valence-corrected chi connectivity index (χ2v) is 5.65. The van der Waals surface area contributed by atoms with E-state index >= 15 is 0 Å². The Morgan fingerprint density at radius 3 is 2.64 bits per heavy atom. The standard InChI is InChI=1S/C16H18FN3O2/c17-12-3-5-14(6-4-12)20-10-7-13(19-20)11-18-15(21)16(22)8-1-2-9-16/h3-7,10,22H,1-2,8-9,11H2,(H,18,21). The zero-order chi connectivity index (χ0) is 15.6. The number of carbonyl (C=O) groups excluding carboxylic acids is 1. The van der Waals surface area contributed by atoms with Crippen LogP contribution in [0.3, 0.4) is 0 Å². The Kier molecular flexibility index (Phi) is 3.94. The minimum atomic E-state index is -1.22. The molecule has 2 aromatic rings. The van der Waals surface area contributed by atoms with Gasteiger partial charge >= 0.3 is 0 Å². The molecular formula is C16H18FN3O2. The summed E-state index contributed by atoms with van der Waals surface area (Å²) in [6, 6.07) is 7.78. The lowest BCUT2D eigenvalue weighted by Gasteiger charge is -2.20. The van der Waals surface area contributed by atoms with Gasteiger partial charge in [-0.1, -0.05) is 0 Å². The summed E-state index contributed by atoms with van der Waals surface area (Å²) in [5.41, 5.74) is 0.201. The Hall–Kier alpha value is -2.21. The number of nitrogens with zero attached hydrogens (tertiary/aromatic N) is 2. The highest BCUT2D eigenvalue weighted by molar-refractivity contribution is 5.85. The zero-order valence-electron chi connectivity index (χ0n) is 12.1. The van der Waals surface area contributed by atoms with E-state index < -0.39 is 5.60 Å². The Morgan fingerprint density at radius 2 is 1.95 bits per heavy atom. The van der Waals surface area contributed by atoms with Gasteiger partial charge in [0, 0.05) is 6.20 Å². The van der Waals surface area contributed by atoms with E-state index in [1.807, 2.05) is 0 Å². The van der Waals surface area contributed by atoms with Crippen molar-refractivity contribution in [3.63, 3.8) is 0 Å². The van der Waals surface area contributed by atoms with Crippen molar-refractivity contribution >= 4 is 5.91 Å². The van der Waals surface area contributed by atoms with Crippen molar-refractivity contribution < 1.29 is 14.3 Å². The molecule has 1 amide bonds. The molecule has 0 unspecified atom stereocenters. The maximum Gasteiger partial charge on any atom is 0.252 e. The molecule has 0 bridgehead atoms. The van der Waals surface area contributed by atoms with Crippen LogP contribution >= 0.6 is 0 Å². The van der Waals surface area contributed by atoms with Crippen molar-refractivity contribution in [1.82, 2.24) is 15.1 Å². The van der Waals surface area contributed by atoms with E-state index in [1.54, 1.807) is 29.1 Å². The number of benzene rings is 1. The lowest BCUT2D eigenvalue weighted by atomic mass is 10.0. The van der Waals surface area contributed by atoms with Gasteiger partial charge in [-0.2, -0.15) is 5.10 Å². The number of amides is 1. The molecule has 0 saturated heterocycles. The molecule has 1 aromatic heterocycles. The van der Waals surface area contributed by atoms with E-state index in [-0.39, 0.29) is 18.3 Å². The molecule has 5 nitrogen and oxygen atoms in total. The highest BCUT2D eigenvalue weighted by atomic mass is 19.1. The Bertz CT molecular complexity index is 660. The molecule has 0 spiro atoms. The first-order valence-electron chi connectivity index (χ1n) is 7.38. The summed E-state index contributed by atoms with van der Waals surface area (Å²) < 4.78 is 14.5. The maximum atomic E-state index is 12.9. The quantitative estimate of drug-likeness (QED) is 0.907. The van der Waals surface area contributed by atoms with Gasteiger partial charge in [-0.05, 0) is 56.0 Å². The topological polar surface area (TPSA) is 67.2 Å². The van der Waals surface area contributed by atoms with E-state index in [1.165, 1.54) is 12.1 Å². The number of rotatable bonds is 4. The van der Waals surface area contributed by atoms with Gasteiger partial charge in [0.15, 0.2) is 0 Å². The van der Waals surface area contributed by atoms with E-state index in [2.05, 4.69) is 10.4 Å². The third kappa shape index (κ3) is 3.01. The van der Waals surface area contributed by atoms with E-state index in [0.29, 0.717) is 18.5 Å². The number of halogens is 1. The molecule has 0 aliphatic heterocycles. The van der Waals surface area contributed by atoms with Gasteiger partial charge < -0.3 is 10.4 Å². The monoisotopic (exact) mass is 303 g/mol. The summed E-state index contributed by atoms with van der Waals surface area (Å²) in [6.07, 6.45) is 4.54. The summed E-state index contributed by atoms with van der Waals surface area (Å²) in [4.78, 5) is 12.0. The SMILES string of the molecule is O=C(NCc1ccn(-c2ccc(F)cc2)n1)C1(O)CCCC1. The van der Waals surface area contributed by atoms with Crippen LogP contribution in [0.5, 0.6) is 0 Å². The second kappa shape index (κ2) is 5.88. The summed E-state index contributed by atoms with van der Waals surface area (Å²) in [5.74, 6) is -0.630. The highest BCUT2D eigenvalue weighted by Crippen LogP contribution is 2.29. The minimum absolute atomic E-state index is 0.259. The van der Waals surface area contributed by atoms with Crippen LogP contribution in [0, 0.1) is 5.82 Å². The van der Waals surface area contributed by atoms with Gasteiger partial charge in [-0.3, -0.25) is 4.79 Å². The fraction of sp³-hybridized carbons (Fsp3) is 0.375. The number of nitrogens with one attached hydrogen (secondary N) is 1. The van der Waals surface area contributed by atoms with Crippen LogP contribution in [0.1, 0.15) is 31.4 Å². The Morgan fingerprint density at radius 1 is 1.27 bits per heavy atom. The first kappa shape index (κ1) is 14.7. The summed E-state index contributed by atoms with van der Waals surface area (Å²) in [6.45, 7) is 0.259. The van der Waals surface area contributed by atoms with E-state index in [4.69, 9.17) is 0 Å². The van der Waals surface area contributed by atoms with Crippen molar-refractivity contribution in [2.75, 3.05) is 0 Å². The maximum absolute atomic E-state index is 12.9. The third-order valence-corrected chi connectivity index (χ3v) is 4.02. The van der Waals surface area contributed by atoms with E-state index in [9.17, 15) is 14.3 Å². The molecule has 0 radical (unpaired) electrons. The normalized spacial score (nSPS) is 16.6. The van der Waals surface area contributed by atoms with Gasteiger partial charge in [0.25, 0.3) is 5.91 Å². The molecule has 1 saturated carbocycles. The molecule has 1 aromatic carbocycles. The summed E-state index contributed by atoms with van der Waals surface area (Å²) in [7, 11) is 0. The number of aromatic nitrogens is 2. The molecular weight excluding hydrogens is 285 g/mol. The smallest absolute Gasteiger partial charge is 0.252 e. The van der Waals surface area contributed by atoms with Crippen molar-refractivity contribution in [3.8, 4) is 5.69 Å². The average Bonchev–Trinajstić information content (AvgIpc) is 3.15. The molecule has 6 heteroatoms. The van der Waals surface area contributed by atoms with Crippen LogP contribution in [-0.2, 0) is 11.3 Å². The molecule has 1 heterocycles. The first-order chi connectivity index (χ1) is 10.6. The molecule has 1 aliphatic rings. The van der Waals surface area contributed by atoms with Crippen LogP contribution in [-0.4, -0.2) is 26.4 Å². The largest absolute Gasteiger partial charge is 0.380 e. The molecule has 1 aliphatic carbocycles. The first-order valence-corrected chi connectivity index (χ1v) is 7.38. The Labute approximate surface area is 127 Å². The molecule has 0 atom stereocenters. The minimum Gasteiger partial charge on any atom is -0.380 e. The van der Waals surface area contributed by atoms with Crippen molar-refractivity contribution in [1.29, 1.82) is 0 Å². The Balaban J connectivity index is 1.62. The summed E-state index contributed by atoms with van der Waals surface area (Å²) >= 11 is 0. The molecule has 3 rings (SSSR count). The van der Waals surface area contributed by atoms with Crippen LogP contribution in [0.25, 0.3) is 5.69 Å². The number of aliphatic hydroxyl groups is 1. The fourth-order valence-electron chi connectivity index (χ4n) is 2.72. The second-order valence-electron chi connectivity index (χ2n) is 5.65. The van der Waals surface area contributed by atoms with Gasteiger partial charge in [0.2, 0.25) is 0 Å². The molecule has 116 valence electrons. The van der Waals surface area contributed by atoms with Crippen LogP contribution in [0.4, 0.5) is 4.39 Å². The van der Waals surface area contributed by atoms with Gasteiger partial charge in [-0.15, -0.1) is 0 Å². The van der Waals surface area contributed by atoms with Crippen molar-refractivity contribution in [3.05, 3.63) is 48.0 Å². The number of hydrogen-bond donors (Lipinski definition) is 2. The lowest BCUT2D eigenvalue weighted by Crippen LogP contribution is -2.44. The predicted octanol–water partition coefficient (Wildman–Crippen LogP) is 1.93. The highest BCUT2D eigenvalue weighted by Gasteiger charge is 2.38. The average molecular weight is 303 g/mol. The summed E-state index contributed by atoms with van der Waals surface area (Å²) in [5, 5.41) is 17.2. The van der Waals surface area contributed by atoms with Crippen LogP contribution in [0.15, 0.2) is 36.5 Å². The van der Waals surface area contributed by atoms with Crippen molar-refractivity contribution in [2.45, 2.75) is 37.8 Å². The predicted molar refractivity (Wildman–Crippen MR) is 78.8 cm³/mol. The fourth-order valence-corrected chi connectivity index (χ4v) is 2.72. The molecule has 2 N–H and O–H groups in total. The van der Waals surface area contributed by atoms with Crippen molar-refractivity contribution in [2.24, 2.45) is 0 Å². The lowest BCUT2D eigenvalue weighted by molar-refractivity contribution is -0.139. The molecule has 1 fully saturated rings. The third-order valence-electron chi connectivity index (χ3n) is 4.02.